The van der Waals surface area contributed by atoms with Gasteiger partial charge in [0.25, 0.3) is 10.3 Å². The van der Waals surface area contributed by atoms with Gasteiger partial charge in [0.05, 0.1) is 0 Å². The average molecular weight is 899 g/mol. The first-order valence-electron chi connectivity index (χ1n) is 13.2. The van der Waals surface area contributed by atoms with Gasteiger partial charge in [0.15, 0.2) is 0 Å². The van der Waals surface area contributed by atoms with Crippen LogP contribution in [0.1, 0.15) is 39.5 Å². The van der Waals surface area contributed by atoms with Crippen LogP contribution in [0.2, 0.25) is 0 Å². The van der Waals surface area contributed by atoms with Crippen molar-refractivity contribution in [3.05, 3.63) is 0 Å². The van der Waals surface area contributed by atoms with Crippen LogP contribution in [0.5, 0.6) is 0 Å². The zero-order valence-electron chi connectivity index (χ0n) is 25.6. The van der Waals surface area contributed by atoms with Crippen molar-refractivity contribution in [2.45, 2.75) is 60.9 Å². The van der Waals surface area contributed by atoms with Crippen LogP contribution in [0.4, 0.5) is 0 Å². The molecule has 0 heterocycles. The van der Waals surface area contributed by atoms with E-state index in [2.05, 4.69) is 0 Å². The lowest BCUT2D eigenvalue weighted by Gasteiger charge is -2.59. The van der Waals surface area contributed by atoms with Crippen molar-refractivity contribution < 1.29 is 120 Å². The fourth-order valence-corrected chi connectivity index (χ4v) is 19.2. The molecule has 0 atom stereocenters. The van der Waals surface area contributed by atoms with Gasteiger partial charge in [-0.3, -0.25) is 36.5 Å². The van der Waals surface area contributed by atoms with Crippen LogP contribution in [0.3, 0.4) is 0 Å². The summed E-state index contributed by atoms with van der Waals surface area (Å²) in [5, 5.41) is -1.73. The van der Waals surface area contributed by atoms with Gasteiger partial charge in [-0.05, 0) is 25.7 Å². The summed E-state index contributed by atoms with van der Waals surface area (Å²) in [6.07, 6.45) is -3.87. The fourth-order valence-electron chi connectivity index (χ4n) is 5.27. The fraction of sp³-hybridized carbons (Fsp3) is 1.00. The SMILES string of the molecule is CCCN(C(P(=O)(O)O)P(=O)(O)O)C(N(CCCCO)C(N(CCC)C(P(=O)(O)O)P(=O)(O)O)(P(=O)(O)O)P(=O)(O)O)(P(=O)(O)O)P(=O)(O)O. The number of aliphatic hydroxyl groups excluding tert-OH is 1. The second kappa shape index (κ2) is 17.0. The summed E-state index contributed by atoms with van der Waals surface area (Å²) >= 11 is 0. The first-order valence-corrected chi connectivity index (χ1v) is 26.4. The predicted octanol–water partition coefficient (Wildman–Crippen LogP) is -2.30. The van der Waals surface area contributed by atoms with Gasteiger partial charge in [-0.2, -0.15) is 0 Å². The molecular weight excluding hydrogens is 858 g/mol. The Bertz CT molecular complexity index is 1360. The van der Waals surface area contributed by atoms with E-state index in [1.807, 2.05) is 0 Å². The van der Waals surface area contributed by atoms with E-state index < -0.39 is 149 Å². The van der Waals surface area contributed by atoms with E-state index in [-0.39, 0.29) is 0 Å². The third kappa shape index (κ3) is 10.5. The maximum absolute atomic E-state index is 13.6. The molecule has 28 nitrogen and oxygen atoms in total. The van der Waals surface area contributed by atoms with Crippen LogP contribution in [0.25, 0.3) is 0 Å². The van der Waals surface area contributed by atoms with Gasteiger partial charge in [-0.1, -0.05) is 13.8 Å². The molecule has 0 aliphatic carbocycles. The maximum atomic E-state index is 13.6. The Morgan fingerprint density at radius 2 is 0.680 bits per heavy atom. The summed E-state index contributed by atoms with van der Waals surface area (Å²) in [6, 6.07) is 0. The Labute approximate surface area is 282 Å². The van der Waals surface area contributed by atoms with Gasteiger partial charge >= 0.3 is 60.8 Å². The number of hydrogen-bond acceptors (Lipinski definition) is 12. The van der Waals surface area contributed by atoms with Crippen molar-refractivity contribution in [1.29, 1.82) is 0 Å². The molecule has 0 bridgehead atoms. The van der Waals surface area contributed by atoms with Gasteiger partial charge in [0, 0.05) is 26.2 Å². The van der Waals surface area contributed by atoms with Crippen molar-refractivity contribution in [2.75, 3.05) is 26.2 Å². The van der Waals surface area contributed by atoms with Crippen molar-refractivity contribution in [3.8, 4) is 0 Å². The molecule has 0 aromatic rings. The van der Waals surface area contributed by atoms with Crippen LogP contribution in [-0.2, 0) is 36.5 Å². The topological polar surface area (TPSA) is 490 Å². The molecule has 17 N–H and O–H groups in total. The number of aliphatic hydroxyl groups is 1. The molecule has 50 heavy (non-hydrogen) atoms. The van der Waals surface area contributed by atoms with E-state index in [1.54, 1.807) is 0 Å². The second-order valence-electron chi connectivity index (χ2n) is 10.4. The van der Waals surface area contributed by atoms with Crippen LogP contribution in [0, 0.1) is 0 Å². The third-order valence-electron chi connectivity index (χ3n) is 6.54. The van der Waals surface area contributed by atoms with E-state index in [0.717, 1.165) is 13.8 Å². The van der Waals surface area contributed by atoms with E-state index in [0.29, 0.717) is 0 Å². The standard InChI is InChI=1S/C14H41N3O25P8/c1-3-7-15(11(43(19,20)21)44(22,23)24)13(47(31,32)33,48(34,35)36)17(9-5-6-10-18)14(49(37,38)39,50(40,41)42)16(8-4-2)12(45(25,26)27)46(28,29)30/h11-12,18H,3-10H2,1-2H3,(H2,19,20,21)(H2,22,23,24)(H2,25,26,27)(H2,28,29,30)(H2,31,32,33)(H2,34,35,36)(H2,37,38,39)(H2,40,41,42). The molecule has 302 valence electrons. The molecule has 0 aliphatic heterocycles. The highest BCUT2D eigenvalue weighted by Crippen LogP contribution is 2.83. The molecule has 36 heteroatoms. The van der Waals surface area contributed by atoms with Gasteiger partial charge < -0.3 is 83.4 Å². The number of unbranched alkanes of at least 4 members (excludes halogenated alkanes) is 1. The van der Waals surface area contributed by atoms with Crippen molar-refractivity contribution in [1.82, 2.24) is 14.7 Å². The molecule has 0 amide bonds. The highest BCUT2D eigenvalue weighted by atomic mass is 31.3. The Kier molecular flexibility index (Phi) is 17.4. The van der Waals surface area contributed by atoms with Crippen molar-refractivity contribution in [2.24, 2.45) is 0 Å². The molecule has 0 saturated heterocycles. The summed E-state index contributed by atoms with van der Waals surface area (Å²) in [7, 11) is -57.4. The molecule has 0 rings (SSSR count). The van der Waals surface area contributed by atoms with Crippen molar-refractivity contribution >= 4 is 60.8 Å². The zero-order valence-corrected chi connectivity index (χ0v) is 32.8. The monoisotopic (exact) mass is 899 g/mol. The Hall–Kier alpha value is 1.04. The van der Waals surface area contributed by atoms with Crippen molar-refractivity contribution in [3.63, 3.8) is 0 Å². The lowest BCUT2D eigenvalue weighted by Crippen LogP contribution is -2.73. The molecule has 0 radical (unpaired) electrons. The molecule has 0 unspecified atom stereocenters. The first kappa shape index (κ1) is 51.0. The minimum absolute atomic E-state index is 0.824. The van der Waals surface area contributed by atoms with Crippen LogP contribution < -0.4 is 0 Å². The van der Waals surface area contributed by atoms with E-state index in [1.165, 1.54) is 0 Å². The smallest absolute Gasteiger partial charge is 0.373 e. The minimum atomic E-state index is -7.58. The summed E-state index contributed by atoms with van der Waals surface area (Å²) in [5.74, 6) is 0. The number of hydrogen-bond donors (Lipinski definition) is 17. The van der Waals surface area contributed by atoms with Gasteiger partial charge in [0.2, 0.25) is 11.0 Å². The molecule has 0 spiro atoms. The van der Waals surface area contributed by atoms with E-state index >= 15 is 0 Å². The van der Waals surface area contributed by atoms with Crippen LogP contribution >= 0.6 is 60.8 Å². The van der Waals surface area contributed by atoms with Crippen LogP contribution in [0.15, 0.2) is 0 Å². The van der Waals surface area contributed by atoms with Crippen LogP contribution in [-0.4, -0.2) is 146 Å². The summed E-state index contributed by atoms with van der Waals surface area (Å²) in [6.45, 7) is -4.92. The van der Waals surface area contributed by atoms with E-state index in [4.69, 9.17) is 0 Å². The summed E-state index contributed by atoms with van der Waals surface area (Å²) < 4.78 is 105. The number of nitrogens with zero attached hydrogens (tertiary/aromatic N) is 3. The quantitative estimate of drug-likeness (QED) is 0.0308. The third-order valence-corrected chi connectivity index (χ3v) is 21.9. The Morgan fingerprint density at radius 3 is 0.840 bits per heavy atom. The second-order valence-corrected chi connectivity index (χ2v) is 25.4. The number of rotatable bonds is 22. The average Bonchev–Trinajstić information content (AvgIpc) is 2.77. The lowest BCUT2D eigenvalue weighted by atomic mass is 10.3. The molecule has 0 fully saturated rings. The molecule has 0 aromatic heterocycles. The maximum Gasteiger partial charge on any atom is 0.373 e. The lowest BCUT2D eigenvalue weighted by molar-refractivity contribution is -0.0638. The highest BCUT2D eigenvalue weighted by molar-refractivity contribution is 7.75. The molecule has 0 aliphatic rings. The normalized spacial score (nSPS) is 15.7. The molecule has 0 saturated carbocycles. The summed E-state index contributed by atoms with van der Waals surface area (Å²) in [4.78, 5) is 163. The Morgan fingerprint density at radius 1 is 0.440 bits per heavy atom. The van der Waals surface area contributed by atoms with Gasteiger partial charge in [-0.15, -0.1) is 0 Å². The van der Waals surface area contributed by atoms with E-state index in [9.17, 15) is 120 Å². The molecular formula is C14H41N3O25P8. The van der Waals surface area contributed by atoms with Gasteiger partial charge in [-0.25, -0.2) is 14.7 Å². The first-order chi connectivity index (χ1) is 21.8. The largest absolute Gasteiger partial charge is 0.396 e. The molecule has 0 aromatic carbocycles. The van der Waals surface area contributed by atoms with Gasteiger partial charge in [0.1, 0.15) is 0 Å². The summed E-state index contributed by atoms with van der Waals surface area (Å²) in [5.41, 5.74) is -8.33. The minimum Gasteiger partial charge on any atom is -0.396 e. The zero-order chi connectivity index (χ0) is 40.5. The predicted molar refractivity (Wildman–Crippen MR) is 166 cm³/mol. The highest BCUT2D eigenvalue weighted by Gasteiger charge is 2.83. The Balaban J connectivity index is 10.0.